The van der Waals surface area contributed by atoms with Crippen LogP contribution in [0.3, 0.4) is 0 Å². The van der Waals surface area contributed by atoms with Crippen molar-refractivity contribution in [2.75, 3.05) is 35.5 Å². The number of benzene rings is 2. The number of carbonyl (C=O) groups excluding carboxylic acids is 3. The van der Waals surface area contributed by atoms with Crippen molar-refractivity contribution in [2.45, 2.75) is 112 Å². The molecule has 1 aromatic heterocycles. The number of phosphoric acid groups is 3. The number of aliphatic carboxylic acids is 3. The second-order valence-corrected chi connectivity index (χ2v) is 31.9. The first-order valence-corrected chi connectivity index (χ1v) is 37.2. The fraction of sp³-hybridized carbons (Fsp3) is 0.412. The van der Waals surface area contributed by atoms with Gasteiger partial charge in [-0.25, -0.2) is 28.1 Å². The van der Waals surface area contributed by atoms with Crippen LogP contribution in [0.15, 0.2) is 63.0 Å². The van der Waals surface area contributed by atoms with Gasteiger partial charge in [0.1, 0.15) is 54.6 Å². The fourth-order valence-electron chi connectivity index (χ4n) is 10.1. The lowest BCUT2D eigenvalue weighted by molar-refractivity contribution is -0.148. The standard InChI is InChI=1S/C51H61N8O32P3S4/c1-22-14-28(48(68)69)27(40-25-7-9-29(52)43(97(80,81)82)41(25)89-42-26(40)8-10-30(53)44(42)98(83,84)85)15-34(22)59(23(2)60)33(47(67)55-31(16-38(62)63)46(66)56-32(49(70)71)17-39(64)65)11-12-51(3,4)96-95-21-86-13-5-6-24-19-58(50(72)57-45(24)54)37-18-35(61)36(88-37)20-87-93(76,77)91-94(78,79)90-92(73,74)75/h7-10,14-15,19,25,31-33,35-37,40,52,61H,11-13,16-18,20-21,53H2,1-4H3,(H,55,67)(H,56,66)(H,62,63)(H,64,65)(H,68,69)(H,70,71)(H,76,77)(H,78,79)(H2,54,57,72)(H2,73,74,75)(H,80,81,82)(H,83,84,85). The molecule has 0 radical (unpaired) electrons. The third-order valence-electron chi connectivity index (χ3n) is 14.1. The molecule has 6 rings (SSSR count). The van der Waals surface area contributed by atoms with Crippen molar-refractivity contribution in [1.82, 2.24) is 20.2 Å². The number of nitrogen functional groups attached to an aromatic ring is 2. The maximum atomic E-state index is 15.0. The molecule has 18 N–H and O–H groups in total. The molecule has 1 fully saturated rings. The number of hydrogen-bond acceptors (Lipinski definition) is 28. The lowest BCUT2D eigenvalue weighted by atomic mass is 9.74. The second-order valence-electron chi connectivity index (χ2n) is 21.8. The van der Waals surface area contributed by atoms with Crippen molar-refractivity contribution >= 4 is 130 Å². The highest BCUT2D eigenvalue weighted by Gasteiger charge is 2.48. The smallest absolute Gasteiger partial charge is 0.481 e. The molecule has 3 aliphatic rings. The predicted molar refractivity (Wildman–Crippen MR) is 337 cm³/mol. The number of rotatable bonds is 31. The van der Waals surface area contributed by atoms with Gasteiger partial charge in [0.2, 0.25) is 17.7 Å². The summed E-state index contributed by atoms with van der Waals surface area (Å²) in [6.07, 6.45) is -4.74. The lowest BCUT2D eigenvalue weighted by Gasteiger charge is -2.39. The van der Waals surface area contributed by atoms with Gasteiger partial charge in [-0.05, 0) is 69.0 Å². The minimum absolute atomic E-state index is 0.0796. The monoisotopic (exact) mass is 1520 g/mol. The number of ether oxygens (including phenoxy) is 3. The van der Waals surface area contributed by atoms with Crippen LogP contribution in [-0.2, 0) is 85.3 Å². The number of aliphatic hydroxyl groups is 1. The van der Waals surface area contributed by atoms with Crippen LogP contribution in [0.2, 0.25) is 0 Å². The van der Waals surface area contributed by atoms with Gasteiger partial charge in [-0.3, -0.25) is 52.5 Å². The molecule has 536 valence electrons. The van der Waals surface area contributed by atoms with Crippen molar-refractivity contribution in [3.05, 3.63) is 91.6 Å². The maximum Gasteiger partial charge on any atom is 0.490 e. The van der Waals surface area contributed by atoms with Gasteiger partial charge in [-0.1, -0.05) is 45.6 Å². The summed E-state index contributed by atoms with van der Waals surface area (Å²) in [5.41, 5.74) is 7.49. The Morgan fingerprint density at radius 1 is 0.918 bits per heavy atom. The van der Waals surface area contributed by atoms with Gasteiger partial charge >= 0.3 is 53.0 Å². The number of amides is 3. The molecule has 1 saturated heterocycles. The van der Waals surface area contributed by atoms with Gasteiger partial charge < -0.3 is 81.4 Å². The van der Waals surface area contributed by atoms with E-state index >= 15 is 0 Å². The van der Waals surface area contributed by atoms with Crippen LogP contribution in [0.4, 0.5) is 17.2 Å². The molecule has 3 heterocycles. The minimum Gasteiger partial charge on any atom is -0.481 e. The highest BCUT2D eigenvalue weighted by molar-refractivity contribution is 8.77. The summed E-state index contributed by atoms with van der Waals surface area (Å²) in [7, 11) is -25.9. The molecule has 2 aromatic carbocycles. The molecule has 3 amide bonds. The highest BCUT2D eigenvalue weighted by Crippen LogP contribution is 2.66. The summed E-state index contributed by atoms with van der Waals surface area (Å²) >= 11 is 0. The molecule has 40 nitrogen and oxygen atoms in total. The Kier molecular flexibility index (Phi) is 25.5. The van der Waals surface area contributed by atoms with Crippen molar-refractivity contribution in [2.24, 2.45) is 5.92 Å². The number of nitrogens with two attached hydrogens (primary N) is 2. The number of carbonyl (C=O) groups is 7. The number of nitrogens with zero attached hydrogens (tertiary/aromatic N) is 3. The van der Waals surface area contributed by atoms with Gasteiger partial charge in [0.05, 0.1) is 48.1 Å². The normalized spacial score (nSPS) is 19.9. The van der Waals surface area contributed by atoms with E-state index in [0.29, 0.717) is 0 Å². The number of carboxylic acids is 4. The molecule has 3 aromatic rings. The number of anilines is 3. The quantitative estimate of drug-likeness (QED) is 0.00818. The molecule has 0 bridgehead atoms. The fourth-order valence-corrected chi connectivity index (χ4v) is 16.9. The zero-order valence-corrected chi connectivity index (χ0v) is 56.7. The number of aromatic carboxylic acids is 1. The zero-order chi connectivity index (χ0) is 73.7. The molecule has 10 unspecified atom stereocenters. The van der Waals surface area contributed by atoms with Crippen LogP contribution >= 0.6 is 45.1 Å². The number of aliphatic hydroxyl groups excluding tert-OH is 1. The van der Waals surface area contributed by atoms with Crippen LogP contribution in [0, 0.1) is 30.1 Å². The van der Waals surface area contributed by atoms with Crippen molar-refractivity contribution in [1.29, 1.82) is 5.41 Å². The molecular weight excluding hydrogens is 1460 g/mol. The van der Waals surface area contributed by atoms with Crippen LogP contribution in [0.25, 0.3) is 0 Å². The van der Waals surface area contributed by atoms with Crippen molar-refractivity contribution < 1.29 is 146 Å². The summed E-state index contributed by atoms with van der Waals surface area (Å²) in [5.74, 6) is -11.1. The van der Waals surface area contributed by atoms with E-state index in [1.807, 2.05) is 5.32 Å². The molecule has 1 aliphatic carbocycles. The largest absolute Gasteiger partial charge is 0.490 e. The predicted octanol–water partition coefficient (Wildman–Crippen LogP) is 1.17. The first kappa shape index (κ1) is 79.5. The van der Waals surface area contributed by atoms with Gasteiger partial charge in [0, 0.05) is 47.4 Å². The Balaban J connectivity index is 1.30. The number of hydrogen-bond donors (Lipinski definition) is 16. The highest BCUT2D eigenvalue weighted by atomic mass is 33.1. The average molecular weight is 1520 g/mol. The molecular formula is C51H61N8O32P3S4. The zero-order valence-electron chi connectivity index (χ0n) is 50.8. The van der Waals surface area contributed by atoms with Crippen LogP contribution in [0.5, 0.6) is 5.75 Å². The average Bonchev–Trinajstić information content (AvgIpc) is 0.804. The van der Waals surface area contributed by atoms with Gasteiger partial charge in [0.15, 0.2) is 15.6 Å². The molecule has 0 saturated carbocycles. The Bertz CT molecular complexity index is 4340. The Morgan fingerprint density at radius 2 is 1.55 bits per heavy atom. The minimum atomic E-state index is -5.88. The first-order chi connectivity index (χ1) is 45.1. The number of nitrogens with one attached hydrogen (secondary N) is 3. The van der Waals surface area contributed by atoms with Crippen LogP contribution in [-0.4, -0.2) is 182 Å². The van der Waals surface area contributed by atoms with E-state index in [1.54, 1.807) is 13.8 Å². The third kappa shape index (κ3) is 20.6. The van der Waals surface area contributed by atoms with Crippen molar-refractivity contribution in [3.63, 3.8) is 0 Å². The van der Waals surface area contributed by atoms with E-state index < -0.39 is 220 Å². The molecule has 2 aliphatic heterocycles. The topological polar surface area (TPSA) is 655 Å². The van der Waals surface area contributed by atoms with E-state index in [0.717, 1.165) is 80.6 Å². The van der Waals surface area contributed by atoms with Gasteiger partial charge in [-0.15, -0.1) is 0 Å². The molecule has 10 atom stereocenters. The van der Waals surface area contributed by atoms with Crippen LogP contribution < -0.4 is 37.4 Å². The Labute approximate surface area is 560 Å². The van der Waals surface area contributed by atoms with Crippen molar-refractivity contribution in [3.8, 4) is 17.6 Å². The molecule has 47 heteroatoms. The Hall–Kier alpha value is -7.47. The summed E-state index contributed by atoms with van der Waals surface area (Å²) in [4.78, 5) is 144. The van der Waals surface area contributed by atoms with Gasteiger partial charge in [-0.2, -0.15) is 30.4 Å². The number of aromatic nitrogens is 2. The van der Waals surface area contributed by atoms with Crippen LogP contribution in [0.1, 0.15) is 97.6 Å². The number of fused-ring (bicyclic) bond motifs is 2. The maximum absolute atomic E-state index is 15.0. The molecule has 0 spiro atoms. The summed E-state index contributed by atoms with van der Waals surface area (Å²) < 4.78 is 136. The second kappa shape index (κ2) is 31.4. The van der Waals surface area contributed by atoms with E-state index in [2.05, 4.69) is 35.3 Å². The van der Waals surface area contributed by atoms with E-state index in [9.17, 15) is 113 Å². The number of phosphoric ester groups is 1. The van der Waals surface area contributed by atoms with E-state index in [-0.39, 0.29) is 47.2 Å². The number of carboxylic acid groups (broad SMARTS) is 4. The van der Waals surface area contributed by atoms with E-state index in [1.165, 1.54) is 6.92 Å². The Morgan fingerprint density at radius 3 is 2.13 bits per heavy atom. The number of aryl methyl sites for hydroxylation is 1. The third-order valence-corrected chi connectivity index (χ3v) is 22.8. The molecule has 98 heavy (non-hydrogen) atoms. The number of allylic oxidation sites excluding steroid dienone is 3. The lowest BCUT2D eigenvalue weighted by Crippen LogP contribution is -2.57. The van der Waals surface area contributed by atoms with E-state index in [4.69, 9.17) is 40.9 Å². The SMILES string of the molecule is CC(=O)N(c1cc(C2c3ccc(N)c(S(=O)(=O)O)c3OC3=C(S(=O)(=O)O)C(=N)C=CC32)c(C(=O)O)cc1C)C(CCC(C)(C)SSCOCC#Cc1cn(C2CC(O)C(COP(=O)(O)OP(=O)(O)OP(=O)(O)O)O2)c(=O)nc1N)C(=O)NC(CC(=O)O)C(=O)NC(CC(=O)O)C(=O)O. The summed E-state index contributed by atoms with van der Waals surface area (Å²) in [6, 6.07) is -2.09. The summed E-state index contributed by atoms with van der Waals surface area (Å²) in [5, 5.41) is 62.8. The summed E-state index contributed by atoms with van der Waals surface area (Å²) in [6.45, 7) is 4.17. The first-order valence-electron chi connectivity index (χ1n) is 27.5. The van der Waals surface area contributed by atoms with Gasteiger partial charge in [0.25, 0.3) is 20.2 Å².